The second-order valence-electron chi connectivity index (χ2n) is 6.12. The molecule has 31 heavy (non-hydrogen) atoms. The number of hydrogen-bond acceptors (Lipinski definition) is 8. The Kier molecular flexibility index (Phi) is 8.14. The highest BCUT2D eigenvalue weighted by Gasteiger charge is 2.45. The van der Waals surface area contributed by atoms with Crippen molar-refractivity contribution in [1.82, 2.24) is 14.9 Å². The highest BCUT2D eigenvalue weighted by atomic mass is 35.9. The Hall–Kier alpha value is -1.67. The minimum Gasteiger partial charge on any atom is -0.387 e. The summed E-state index contributed by atoms with van der Waals surface area (Å²) in [6.07, 6.45) is -12.2. The summed E-state index contributed by atoms with van der Waals surface area (Å²) in [6.45, 7) is -1.17. The maximum atomic E-state index is 12.1. The average Bonchev–Trinajstić information content (AvgIpc) is 2.91. The molecule has 0 aromatic carbocycles. The summed E-state index contributed by atoms with van der Waals surface area (Å²) < 4.78 is 58.2. The lowest BCUT2D eigenvalue weighted by Gasteiger charge is -2.17. The number of hydrogen-bond donors (Lipinski definition) is 4. The Morgan fingerprint density at radius 1 is 1.35 bits per heavy atom. The molecule has 0 aliphatic carbocycles. The number of aliphatic hydroxyl groups excluding tert-OH is 2. The summed E-state index contributed by atoms with van der Waals surface area (Å²) in [5.74, 6) is -2.18. The van der Waals surface area contributed by atoms with Gasteiger partial charge in [-0.05, 0) is 22.5 Å². The number of alkyl halides is 3. The van der Waals surface area contributed by atoms with Crippen molar-refractivity contribution < 1.29 is 42.0 Å². The first-order chi connectivity index (χ1) is 14.2. The molecular weight excluding hydrogens is 497 g/mol. The lowest BCUT2D eigenvalue weighted by molar-refractivity contribution is -0.173. The molecule has 1 aromatic heterocycles. The number of aromatic amines is 1. The molecule has 1 saturated heterocycles. The zero-order chi connectivity index (χ0) is 23.6. The summed E-state index contributed by atoms with van der Waals surface area (Å²) in [5.41, 5.74) is -2.19. The van der Waals surface area contributed by atoms with Gasteiger partial charge in [-0.25, -0.2) is 4.79 Å². The molecule has 0 spiro atoms. The predicted molar refractivity (Wildman–Crippen MR) is 101 cm³/mol. The monoisotopic (exact) mass is 511 g/mol. The third-order valence-corrected chi connectivity index (χ3v) is 4.97. The van der Waals surface area contributed by atoms with Gasteiger partial charge in [0.25, 0.3) is 5.56 Å². The van der Waals surface area contributed by atoms with E-state index in [0.29, 0.717) is 4.57 Å². The molecular formula is C14H15Cl2F3N3O8P. The smallest absolute Gasteiger partial charge is 0.387 e. The Bertz CT molecular complexity index is 1010. The topological polar surface area (TPSA) is 160 Å². The van der Waals surface area contributed by atoms with Crippen LogP contribution in [0.2, 0.25) is 0 Å². The zero-order valence-electron chi connectivity index (χ0n) is 15.1. The van der Waals surface area contributed by atoms with Crippen LogP contribution in [0.15, 0.2) is 21.9 Å². The SMILES string of the molecule is O=C(NC/C=C/c1cn([C@@H]2O[C@H](COP(=O)(Cl)Cl)C(O)[C@@H]2O)c(=O)[nH]c1=O)C(F)(F)F. The Morgan fingerprint density at radius 2 is 2.00 bits per heavy atom. The van der Waals surface area contributed by atoms with E-state index in [-0.39, 0.29) is 5.56 Å². The number of rotatable bonds is 7. The third kappa shape index (κ3) is 6.91. The highest BCUT2D eigenvalue weighted by molar-refractivity contribution is 8.05. The fourth-order valence-corrected chi connectivity index (χ4v) is 3.16. The molecule has 2 rings (SSSR count). The van der Waals surface area contributed by atoms with Crippen LogP contribution in [-0.4, -0.2) is 63.3 Å². The van der Waals surface area contributed by atoms with Crippen LogP contribution in [0.25, 0.3) is 6.08 Å². The van der Waals surface area contributed by atoms with E-state index >= 15 is 0 Å². The molecule has 0 saturated carbocycles. The van der Waals surface area contributed by atoms with Crippen molar-refractivity contribution in [3.05, 3.63) is 38.7 Å². The number of nitrogens with one attached hydrogen (secondary N) is 2. The first kappa shape index (κ1) is 25.6. The maximum absolute atomic E-state index is 12.1. The standard InChI is InChI=1S/C14H15Cl2F3N3O8P/c15-31(16,28)29-5-7-8(23)9(24)11(30-7)22-4-6(10(25)21-13(22)27)2-1-3-20-12(26)14(17,18)19/h1-2,4,7-9,11,23-24H,3,5H2,(H,20,26)(H,21,25,27)/b2-1+/t7-,8?,9+,11-/m1/s1. The van der Waals surface area contributed by atoms with E-state index in [1.807, 2.05) is 4.98 Å². The molecule has 11 nitrogen and oxygen atoms in total. The molecule has 4 atom stereocenters. The number of carbonyl (C=O) groups is 1. The molecule has 17 heteroatoms. The van der Waals surface area contributed by atoms with Gasteiger partial charge < -0.3 is 24.8 Å². The van der Waals surface area contributed by atoms with Crippen molar-refractivity contribution in [3.63, 3.8) is 0 Å². The quantitative estimate of drug-likeness (QED) is 0.384. The van der Waals surface area contributed by atoms with E-state index in [4.69, 9.17) is 27.2 Å². The zero-order valence-corrected chi connectivity index (χ0v) is 17.5. The fourth-order valence-electron chi connectivity index (χ4n) is 2.50. The van der Waals surface area contributed by atoms with Crippen LogP contribution in [0.3, 0.4) is 0 Å². The fraction of sp³-hybridized carbons (Fsp3) is 0.500. The predicted octanol–water partition coefficient (Wildman–Crippen LogP) is 0.450. The van der Waals surface area contributed by atoms with Gasteiger partial charge in [0.1, 0.15) is 18.3 Å². The molecule has 174 valence electrons. The minimum atomic E-state index is -5.07. The number of aromatic nitrogens is 2. The van der Waals surface area contributed by atoms with E-state index in [9.17, 15) is 42.3 Å². The molecule has 0 bridgehead atoms. The van der Waals surface area contributed by atoms with Gasteiger partial charge in [0.15, 0.2) is 6.23 Å². The van der Waals surface area contributed by atoms with Crippen molar-refractivity contribution in [3.8, 4) is 0 Å². The number of amides is 1. The molecule has 1 aliphatic heterocycles. The van der Waals surface area contributed by atoms with Crippen LogP contribution >= 0.6 is 28.6 Å². The summed E-state index contributed by atoms with van der Waals surface area (Å²) in [6, 6.07) is 0. The van der Waals surface area contributed by atoms with Gasteiger partial charge in [-0.3, -0.25) is 23.7 Å². The first-order valence-corrected chi connectivity index (χ1v) is 11.7. The van der Waals surface area contributed by atoms with E-state index in [0.717, 1.165) is 18.3 Å². The normalized spacial score (nSPS) is 24.6. The van der Waals surface area contributed by atoms with Crippen molar-refractivity contribution in [2.45, 2.75) is 30.7 Å². The first-order valence-electron chi connectivity index (χ1n) is 8.23. The van der Waals surface area contributed by atoms with Crippen LogP contribution in [0.1, 0.15) is 11.8 Å². The Morgan fingerprint density at radius 3 is 2.58 bits per heavy atom. The van der Waals surface area contributed by atoms with Crippen LogP contribution in [0, 0.1) is 0 Å². The number of aliphatic hydroxyl groups is 2. The molecule has 1 aliphatic rings. The van der Waals surface area contributed by atoms with Crippen molar-refractivity contribution in [2.75, 3.05) is 13.2 Å². The van der Waals surface area contributed by atoms with Crippen LogP contribution in [0.5, 0.6) is 0 Å². The van der Waals surface area contributed by atoms with Gasteiger partial charge in [0, 0.05) is 12.7 Å². The summed E-state index contributed by atoms with van der Waals surface area (Å²) in [7, 11) is 0. The van der Waals surface area contributed by atoms with Gasteiger partial charge in [0.05, 0.1) is 12.2 Å². The maximum Gasteiger partial charge on any atom is 0.471 e. The number of halogens is 5. The van der Waals surface area contributed by atoms with Gasteiger partial charge in [-0.1, -0.05) is 12.2 Å². The molecule has 4 N–H and O–H groups in total. The van der Waals surface area contributed by atoms with E-state index in [1.54, 1.807) is 5.32 Å². The van der Waals surface area contributed by atoms with E-state index in [2.05, 4.69) is 4.52 Å². The lowest BCUT2D eigenvalue weighted by atomic mass is 10.1. The number of carbonyl (C=O) groups excluding carboxylic acids is 1. The van der Waals surface area contributed by atoms with E-state index < -0.39 is 67.1 Å². The van der Waals surface area contributed by atoms with Crippen LogP contribution < -0.4 is 16.6 Å². The van der Waals surface area contributed by atoms with Crippen LogP contribution in [0.4, 0.5) is 13.2 Å². The summed E-state index contributed by atoms with van der Waals surface area (Å²) >= 11 is 10.5. The molecule has 1 fully saturated rings. The summed E-state index contributed by atoms with van der Waals surface area (Å²) in [4.78, 5) is 36.6. The minimum absolute atomic E-state index is 0.239. The second kappa shape index (κ2) is 9.86. The van der Waals surface area contributed by atoms with Crippen molar-refractivity contribution >= 4 is 40.5 Å². The molecule has 1 amide bonds. The third-order valence-electron chi connectivity index (χ3n) is 3.93. The average molecular weight is 512 g/mol. The Labute approximate surface area is 180 Å². The summed E-state index contributed by atoms with van der Waals surface area (Å²) in [5, 5.41) is 21.7. The largest absolute Gasteiger partial charge is 0.471 e. The van der Waals surface area contributed by atoms with Crippen molar-refractivity contribution in [1.29, 1.82) is 0 Å². The van der Waals surface area contributed by atoms with Gasteiger partial charge in [0.2, 0.25) is 0 Å². The van der Waals surface area contributed by atoms with Gasteiger partial charge in [-0.15, -0.1) is 0 Å². The molecule has 0 radical (unpaired) electrons. The second-order valence-corrected chi connectivity index (χ2v) is 10.4. The van der Waals surface area contributed by atoms with Gasteiger partial charge >= 0.3 is 23.8 Å². The van der Waals surface area contributed by atoms with Gasteiger partial charge in [-0.2, -0.15) is 13.2 Å². The number of ether oxygens (including phenoxy) is 1. The van der Waals surface area contributed by atoms with Crippen LogP contribution in [-0.2, 0) is 18.6 Å². The number of H-pyrrole nitrogens is 1. The molecule has 1 aromatic rings. The van der Waals surface area contributed by atoms with E-state index in [1.165, 1.54) is 0 Å². The number of nitrogens with zero attached hydrogens (tertiary/aromatic N) is 1. The molecule has 1 unspecified atom stereocenters. The highest BCUT2D eigenvalue weighted by Crippen LogP contribution is 2.57. The Balaban J connectivity index is 2.18. The molecule has 2 heterocycles. The lowest BCUT2D eigenvalue weighted by Crippen LogP contribution is -2.38. The van der Waals surface area contributed by atoms with Crippen molar-refractivity contribution in [2.24, 2.45) is 0 Å².